The van der Waals surface area contributed by atoms with Crippen LogP contribution in [0.3, 0.4) is 0 Å². The number of aromatic nitrogens is 2. The van der Waals surface area contributed by atoms with Gasteiger partial charge in [0.05, 0.1) is 18.0 Å². The molecule has 0 aliphatic rings. The summed E-state index contributed by atoms with van der Waals surface area (Å²) in [4.78, 5) is 21.3. The van der Waals surface area contributed by atoms with E-state index < -0.39 is 0 Å². The zero-order chi connectivity index (χ0) is 24.7. The van der Waals surface area contributed by atoms with Crippen LogP contribution in [0.15, 0.2) is 60.9 Å². The van der Waals surface area contributed by atoms with E-state index in [4.69, 9.17) is 4.74 Å². The summed E-state index contributed by atoms with van der Waals surface area (Å²) in [6, 6.07) is 16.1. The predicted molar refractivity (Wildman–Crippen MR) is 144 cm³/mol. The molecule has 0 unspecified atom stereocenters. The number of hydrogen-bond donors (Lipinski definition) is 0. The number of aryl methyl sites for hydroxylation is 2. The molecular formula is C31H40N2O2. The molecule has 0 fully saturated rings. The van der Waals surface area contributed by atoms with Gasteiger partial charge < -0.3 is 4.74 Å². The van der Waals surface area contributed by atoms with Gasteiger partial charge in [-0.1, -0.05) is 102 Å². The number of unbranched alkanes of at least 4 members (excludes halogenated alkanes) is 8. The lowest BCUT2D eigenvalue weighted by atomic mass is 10.0. The van der Waals surface area contributed by atoms with Gasteiger partial charge in [-0.15, -0.1) is 0 Å². The summed E-state index contributed by atoms with van der Waals surface area (Å²) < 4.78 is 5.48. The number of carbonyl (C=O) groups excluding carboxylic acids is 1. The van der Waals surface area contributed by atoms with E-state index in [1.165, 1.54) is 75.3 Å². The molecule has 2 aromatic carbocycles. The van der Waals surface area contributed by atoms with Crippen LogP contribution in [0.4, 0.5) is 0 Å². The van der Waals surface area contributed by atoms with Gasteiger partial charge in [0.1, 0.15) is 0 Å². The van der Waals surface area contributed by atoms with Gasteiger partial charge in [0.15, 0.2) is 11.6 Å². The first-order valence-corrected chi connectivity index (χ1v) is 13.4. The summed E-state index contributed by atoms with van der Waals surface area (Å²) in [7, 11) is 0. The van der Waals surface area contributed by atoms with E-state index in [9.17, 15) is 4.79 Å². The topological polar surface area (TPSA) is 52.1 Å². The van der Waals surface area contributed by atoms with Gasteiger partial charge in [0.2, 0.25) is 0 Å². The third-order valence-corrected chi connectivity index (χ3v) is 6.38. The fourth-order valence-electron chi connectivity index (χ4n) is 4.18. The van der Waals surface area contributed by atoms with Crippen molar-refractivity contribution in [2.45, 2.75) is 90.9 Å². The van der Waals surface area contributed by atoms with E-state index in [0.717, 1.165) is 18.4 Å². The molecule has 1 aromatic heterocycles. The van der Waals surface area contributed by atoms with Crippen LogP contribution in [-0.2, 0) is 12.8 Å². The Morgan fingerprint density at radius 3 is 1.66 bits per heavy atom. The molecule has 4 nitrogen and oxygen atoms in total. The molecule has 3 aromatic rings. The first-order chi connectivity index (χ1) is 17.2. The maximum Gasteiger partial charge on any atom is 0.343 e. The van der Waals surface area contributed by atoms with E-state index in [1.807, 2.05) is 24.3 Å². The highest BCUT2D eigenvalue weighted by molar-refractivity contribution is 5.91. The van der Waals surface area contributed by atoms with Gasteiger partial charge in [-0.25, -0.2) is 14.8 Å². The minimum absolute atomic E-state index is 0.349. The van der Waals surface area contributed by atoms with Crippen molar-refractivity contribution in [2.75, 3.05) is 0 Å². The van der Waals surface area contributed by atoms with E-state index in [-0.39, 0.29) is 5.97 Å². The maximum absolute atomic E-state index is 12.5. The number of carbonyl (C=O) groups is 1. The Morgan fingerprint density at radius 1 is 0.657 bits per heavy atom. The molecule has 35 heavy (non-hydrogen) atoms. The highest BCUT2D eigenvalue weighted by atomic mass is 16.5. The molecular weight excluding hydrogens is 432 g/mol. The molecule has 0 aliphatic carbocycles. The highest BCUT2D eigenvalue weighted by Gasteiger charge is 2.10. The second kappa shape index (κ2) is 15.1. The van der Waals surface area contributed by atoms with Gasteiger partial charge >= 0.3 is 5.97 Å². The van der Waals surface area contributed by atoms with Crippen molar-refractivity contribution in [1.29, 1.82) is 0 Å². The van der Waals surface area contributed by atoms with Crippen LogP contribution in [0.25, 0.3) is 11.4 Å². The monoisotopic (exact) mass is 472 g/mol. The molecule has 0 saturated heterocycles. The summed E-state index contributed by atoms with van der Waals surface area (Å²) >= 11 is 0. The molecule has 3 rings (SSSR count). The van der Waals surface area contributed by atoms with Gasteiger partial charge in [0.25, 0.3) is 0 Å². The Hall–Kier alpha value is -3.01. The average Bonchev–Trinajstić information content (AvgIpc) is 2.90. The van der Waals surface area contributed by atoms with Crippen molar-refractivity contribution in [1.82, 2.24) is 9.97 Å². The van der Waals surface area contributed by atoms with Crippen molar-refractivity contribution in [3.63, 3.8) is 0 Å². The van der Waals surface area contributed by atoms with Crippen molar-refractivity contribution >= 4 is 5.97 Å². The Morgan fingerprint density at radius 2 is 1.14 bits per heavy atom. The van der Waals surface area contributed by atoms with Crippen LogP contribution < -0.4 is 4.74 Å². The third-order valence-electron chi connectivity index (χ3n) is 6.38. The zero-order valence-corrected chi connectivity index (χ0v) is 21.5. The van der Waals surface area contributed by atoms with Crippen LogP contribution in [0.2, 0.25) is 0 Å². The minimum atomic E-state index is -0.390. The molecule has 0 N–H and O–H groups in total. The summed E-state index contributed by atoms with van der Waals surface area (Å²) in [5.74, 6) is 0.587. The van der Waals surface area contributed by atoms with Crippen LogP contribution in [0, 0.1) is 0 Å². The third kappa shape index (κ3) is 9.28. The number of benzene rings is 2. The van der Waals surface area contributed by atoms with Gasteiger partial charge in [-0.3, -0.25) is 0 Å². The summed E-state index contributed by atoms with van der Waals surface area (Å²) in [6.07, 6.45) is 18.1. The lowest BCUT2D eigenvalue weighted by molar-refractivity contribution is 0.0733. The Balaban J connectivity index is 1.47. The normalized spacial score (nSPS) is 10.9. The van der Waals surface area contributed by atoms with Crippen LogP contribution in [0.5, 0.6) is 5.75 Å². The zero-order valence-electron chi connectivity index (χ0n) is 21.5. The molecule has 0 atom stereocenters. The first kappa shape index (κ1) is 26.6. The standard InChI is InChI=1S/C31H40N2O2/c1-3-5-7-9-11-13-25-15-19-27(20-16-25)30-32-23-29(24-33-30)35-31(34)28-21-17-26(18-22-28)14-12-10-8-6-4-2/h15-24H,3-14H2,1-2H3. The van der Waals surface area contributed by atoms with E-state index in [0.29, 0.717) is 17.1 Å². The van der Waals surface area contributed by atoms with Crippen molar-refractivity contribution in [3.8, 4) is 17.1 Å². The Labute approximate surface area is 211 Å². The lowest BCUT2D eigenvalue weighted by Crippen LogP contribution is -2.09. The molecule has 0 radical (unpaired) electrons. The summed E-state index contributed by atoms with van der Waals surface area (Å²) in [5.41, 5.74) is 4.10. The largest absolute Gasteiger partial charge is 0.420 e. The van der Waals surface area contributed by atoms with E-state index in [2.05, 4.69) is 48.1 Å². The molecule has 1 heterocycles. The SMILES string of the molecule is CCCCCCCc1ccc(C(=O)Oc2cnc(-c3ccc(CCCCCCC)cc3)nc2)cc1. The molecule has 0 bridgehead atoms. The molecule has 186 valence electrons. The molecule has 0 amide bonds. The van der Waals surface area contributed by atoms with E-state index >= 15 is 0 Å². The van der Waals surface area contributed by atoms with Crippen LogP contribution in [-0.4, -0.2) is 15.9 Å². The van der Waals surface area contributed by atoms with Crippen LogP contribution >= 0.6 is 0 Å². The summed E-state index contributed by atoms with van der Waals surface area (Å²) in [5, 5.41) is 0. The first-order valence-electron chi connectivity index (χ1n) is 13.4. The molecule has 0 saturated carbocycles. The predicted octanol–water partition coefficient (Wildman–Crippen LogP) is 8.39. The minimum Gasteiger partial charge on any atom is -0.420 e. The molecule has 4 heteroatoms. The Kier molecular flexibility index (Phi) is 11.5. The lowest BCUT2D eigenvalue weighted by Gasteiger charge is -2.07. The Bertz CT molecular complexity index is 996. The second-order valence-electron chi connectivity index (χ2n) is 9.35. The van der Waals surface area contributed by atoms with Crippen LogP contribution in [0.1, 0.15) is 99.5 Å². The van der Waals surface area contributed by atoms with Gasteiger partial charge in [-0.2, -0.15) is 0 Å². The number of esters is 1. The molecule has 0 spiro atoms. The quantitative estimate of drug-likeness (QED) is 0.165. The maximum atomic E-state index is 12.5. The molecule has 0 aliphatic heterocycles. The number of ether oxygens (including phenoxy) is 1. The van der Waals surface area contributed by atoms with E-state index in [1.54, 1.807) is 12.4 Å². The summed E-state index contributed by atoms with van der Waals surface area (Å²) in [6.45, 7) is 4.47. The van der Waals surface area contributed by atoms with Gasteiger partial charge in [0, 0.05) is 5.56 Å². The average molecular weight is 473 g/mol. The fraction of sp³-hybridized carbons (Fsp3) is 0.452. The number of nitrogens with zero attached hydrogens (tertiary/aromatic N) is 2. The van der Waals surface area contributed by atoms with Crippen molar-refractivity contribution < 1.29 is 9.53 Å². The number of rotatable bonds is 15. The van der Waals surface area contributed by atoms with Gasteiger partial charge in [-0.05, 0) is 48.9 Å². The highest BCUT2D eigenvalue weighted by Crippen LogP contribution is 2.19. The number of hydrogen-bond acceptors (Lipinski definition) is 4. The van der Waals surface area contributed by atoms with Crippen molar-refractivity contribution in [2.24, 2.45) is 0 Å². The second-order valence-corrected chi connectivity index (χ2v) is 9.35. The van der Waals surface area contributed by atoms with Crippen molar-refractivity contribution in [3.05, 3.63) is 77.6 Å². The fourth-order valence-corrected chi connectivity index (χ4v) is 4.18. The smallest absolute Gasteiger partial charge is 0.343 e.